The van der Waals surface area contributed by atoms with Crippen LogP contribution in [0.15, 0.2) is 24.3 Å². The molecule has 19 heavy (non-hydrogen) atoms. The molecule has 1 aromatic rings. The van der Waals surface area contributed by atoms with Gasteiger partial charge in [0.2, 0.25) is 0 Å². The monoisotopic (exact) mass is 260 g/mol. The highest BCUT2D eigenvalue weighted by Crippen LogP contribution is 2.42. The molecule has 1 nitrogen and oxygen atoms in total. The predicted octanol–water partition coefficient (Wildman–Crippen LogP) is 4.07. The third-order valence-electron chi connectivity index (χ3n) is 3.66. The van der Waals surface area contributed by atoms with Gasteiger partial charge in [0.1, 0.15) is 0 Å². The lowest BCUT2D eigenvalue weighted by Gasteiger charge is -2.36. The van der Waals surface area contributed by atoms with Crippen molar-refractivity contribution >= 4 is 12.4 Å². The van der Waals surface area contributed by atoms with E-state index in [1.807, 2.05) is 12.9 Å². The van der Waals surface area contributed by atoms with E-state index in [9.17, 15) is 5.02 Å². The predicted molar refractivity (Wildman–Crippen MR) is 86.2 cm³/mol. The van der Waals surface area contributed by atoms with Crippen molar-refractivity contribution in [3.05, 3.63) is 29.8 Å². The summed E-state index contributed by atoms with van der Waals surface area (Å²) in [5.41, 5.74) is 2.89. The molecule has 0 aliphatic carbocycles. The Hall–Kier alpha value is -0.755. The van der Waals surface area contributed by atoms with Crippen molar-refractivity contribution in [2.24, 2.45) is 10.8 Å². The third kappa shape index (κ3) is 5.02. The molecule has 106 valence electrons. The molecule has 0 aliphatic rings. The topological polar surface area (TPSA) is 20.2 Å². The highest BCUT2D eigenvalue weighted by atomic mass is 16.2. The Balaban J connectivity index is 3.15. The molecule has 2 heteroatoms. The van der Waals surface area contributed by atoms with Crippen LogP contribution in [0.1, 0.15) is 59.4 Å². The van der Waals surface area contributed by atoms with E-state index in [-0.39, 0.29) is 5.41 Å². The quantitative estimate of drug-likeness (QED) is 0.812. The molecule has 0 amide bonds. The van der Waals surface area contributed by atoms with E-state index >= 15 is 0 Å². The fourth-order valence-electron chi connectivity index (χ4n) is 2.57. The van der Waals surface area contributed by atoms with Crippen molar-refractivity contribution in [3.63, 3.8) is 0 Å². The fourth-order valence-corrected chi connectivity index (χ4v) is 2.57. The van der Waals surface area contributed by atoms with Gasteiger partial charge in [-0.25, -0.2) is 0 Å². The van der Waals surface area contributed by atoms with Gasteiger partial charge in [0.05, 0.1) is 0 Å². The van der Waals surface area contributed by atoms with Crippen LogP contribution in [0.2, 0.25) is 6.82 Å². The average Bonchev–Trinajstić information content (AvgIpc) is 2.23. The fraction of sp³-hybridized carbons (Fsp3) is 0.647. The number of hydrogen-bond donors (Lipinski definition) is 1. The van der Waals surface area contributed by atoms with Gasteiger partial charge in [-0.3, -0.25) is 0 Å². The third-order valence-corrected chi connectivity index (χ3v) is 3.66. The van der Waals surface area contributed by atoms with E-state index in [0.29, 0.717) is 11.3 Å². The smallest absolute Gasteiger partial charge is 0.320 e. The van der Waals surface area contributed by atoms with Crippen molar-refractivity contribution in [2.75, 3.05) is 0 Å². The molecule has 1 aromatic carbocycles. The Kier molecular flexibility index (Phi) is 4.89. The summed E-state index contributed by atoms with van der Waals surface area (Å²) in [7, 11) is 0. The molecule has 1 atom stereocenters. The Bertz CT molecular complexity index is 410. The molecule has 0 aromatic heterocycles. The second-order valence-corrected chi connectivity index (χ2v) is 8.03. The van der Waals surface area contributed by atoms with Crippen LogP contribution in [0, 0.1) is 10.8 Å². The van der Waals surface area contributed by atoms with E-state index < -0.39 is 6.92 Å². The molecule has 1 unspecified atom stereocenters. The summed E-state index contributed by atoms with van der Waals surface area (Å²) in [6, 6.07) is 8.45. The molecule has 0 heterocycles. The molecule has 0 radical (unpaired) electrons. The van der Waals surface area contributed by atoms with Gasteiger partial charge in [-0.2, -0.15) is 0 Å². The van der Waals surface area contributed by atoms with Crippen molar-refractivity contribution < 1.29 is 5.02 Å². The summed E-state index contributed by atoms with van der Waals surface area (Å²) in [6.07, 6.45) is 1.15. The van der Waals surface area contributed by atoms with Crippen LogP contribution in [0.5, 0.6) is 0 Å². The molecular formula is C17H29BO. The highest BCUT2D eigenvalue weighted by molar-refractivity contribution is 6.64. The van der Waals surface area contributed by atoms with E-state index in [1.54, 1.807) is 0 Å². The Morgan fingerprint density at radius 2 is 1.68 bits per heavy atom. The molecule has 0 saturated heterocycles. The lowest BCUT2D eigenvalue weighted by atomic mass is 9.62. The minimum atomic E-state index is -0.393. The van der Waals surface area contributed by atoms with Gasteiger partial charge >= 0.3 is 6.92 Å². The maximum Gasteiger partial charge on any atom is 0.320 e. The zero-order chi connectivity index (χ0) is 14.8. The van der Waals surface area contributed by atoms with Crippen molar-refractivity contribution in [3.8, 4) is 0 Å². The first-order valence-corrected chi connectivity index (χ1v) is 7.28. The van der Waals surface area contributed by atoms with Gasteiger partial charge in [-0.05, 0) is 34.2 Å². The van der Waals surface area contributed by atoms with E-state index in [2.05, 4.69) is 59.7 Å². The Morgan fingerprint density at radius 1 is 1.11 bits per heavy atom. The van der Waals surface area contributed by atoms with Crippen LogP contribution >= 0.6 is 0 Å². The average molecular weight is 260 g/mol. The first-order valence-electron chi connectivity index (χ1n) is 7.28. The zero-order valence-corrected chi connectivity index (χ0v) is 13.6. The minimum absolute atomic E-state index is 0.227. The molecule has 1 rings (SSSR count). The summed E-state index contributed by atoms with van der Waals surface area (Å²) in [6.45, 7) is 15.2. The van der Waals surface area contributed by atoms with Crippen molar-refractivity contribution in [1.82, 2.24) is 0 Å². The first-order chi connectivity index (χ1) is 8.50. The van der Waals surface area contributed by atoms with Crippen LogP contribution in [0.25, 0.3) is 0 Å². The Labute approximate surface area is 119 Å². The van der Waals surface area contributed by atoms with Crippen LogP contribution < -0.4 is 5.46 Å². The molecule has 0 fully saturated rings. The van der Waals surface area contributed by atoms with Gasteiger partial charge in [0.15, 0.2) is 0 Å². The summed E-state index contributed by atoms with van der Waals surface area (Å²) in [5.74, 6) is 0.506. The van der Waals surface area contributed by atoms with Gasteiger partial charge in [-0.15, -0.1) is 0 Å². The number of hydrogen-bond acceptors (Lipinski definition) is 1. The molecule has 0 saturated carbocycles. The molecular weight excluding hydrogens is 231 g/mol. The van der Waals surface area contributed by atoms with Gasteiger partial charge in [-0.1, -0.05) is 72.6 Å². The van der Waals surface area contributed by atoms with Crippen LogP contribution in [-0.2, 0) is 0 Å². The van der Waals surface area contributed by atoms with Crippen LogP contribution in [-0.4, -0.2) is 11.9 Å². The summed E-state index contributed by atoms with van der Waals surface area (Å²) < 4.78 is 0. The summed E-state index contributed by atoms with van der Waals surface area (Å²) in [5, 5.41) is 9.77. The molecule has 0 bridgehead atoms. The maximum atomic E-state index is 9.77. The second-order valence-electron chi connectivity index (χ2n) is 8.03. The maximum absolute atomic E-state index is 9.77. The summed E-state index contributed by atoms with van der Waals surface area (Å²) >= 11 is 0. The molecule has 0 aliphatic heterocycles. The summed E-state index contributed by atoms with van der Waals surface area (Å²) in [4.78, 5) is 0. The number of rotatable bonds is 3. The van der Waals surface area contributed by atoms with Crippen LogP contribution in [0.3, 0.4) is 0 Å². The van der Waals surface area contributed by atoms with Gasteiger partial charge < -0.3 is 5.02 Å². The largest absolute Gasteiger partial charge is 0.447 e. The van der Waals surface area contributed by atoms with Gasteiger partial charge in [0.25, 0.3) is 0 Å². The van der Waals surface area contributed by atoms with E-state index in [0.717, 1.165) is 11.9 Å². The second kappa shape index (κ2) is 5.70. The zero-order valence-electron chi connectivity index (χ0n) is 13.6. The van der Waals surface area contributed by atoms with E-state index in [4.69, 9.17) is 0 Å². The SMILES string of the molecule is CB(O)c1cccc(C(CC(C)(C)C)C(C)(C)C)c1. The van der Waals surface area contributed by atoms with Crippen molar-refractivity contribution in [2.45, 2.75) is 60.7 Å². The highest BCUT2D eigenvalue weighted by Gasteiger charge is 2.30. The van der Waals surface area contributed by atoms with Crippen molar-refractivity contribution in [1.29, 1.82) is 0 Å². The standard InChI is InChI=1S/C17H29BO/c1-16(2,3)12-15(17(4,5)6)13-9-8-10-14(11-13)18(7)19/h8-11,15,19H,12H2,1-7H3. The molecule has 1 N–H and O–H groups in total. The van der Waals surface area contributed by atoms with E-state index in [1.165, 1.54) is 5.56 Å². The van der Waals surface area contributed by atoms with Crippen LogP contribution in [0.4, 0.5) is 0 Å². The van der Waals surface area contributed by atoms with Gasteiger partial charge in [0, 0.05) is 0 Å². The lowest BCUT2D eigenvalue weighted by molar-refractivity contribution is 0.229. The normalized spacial score (nSPS) is 14.3. The Morgan fingerprint density at radius 3 is 2.11 bits per heavy atom. The number of benzene rings is 1. The minimum Gasteiger partial charge on any atom is -0.447 e. The lowest BCUT2D eigenvalue weighted by Crippen LogP contribution is -2.29. The molecule has 0 spiro atoms. The first kappa shape index (κ1) is 16.3.